The molecule has 0 atom stereocenters. The standard InChI is InChI=1S/C23H24BF2NO6.C17H12BrF2NO4/c1-12-13(8-7-9-15(12)24-32-22(2,3)23(4,5)33-24)19-27-16-10-14(20(28)29-6)17(31-21(25)26)11-18(16)30-19;1-8-9(4-3-5-11(8)18)15-21-12-6-10(16(22)23-2)13(25-17(19)20)7-14(12)24-15/h7-11,21H,1-6H3;3-7,17H,1-2H3. The summed E-state index contributed by atoms with van der Waals surface area (Å²) in [5.41, 5.74) is 3.70. The number of nitrogens with zero attached hydrogens (tertiary/aromatic N) is 2. The molecule has 4 aromatic carbocycles. The van der Waals surface area contributed by atoms with E-state index in [4.69, 9.17) is 18.1 Å². The van der Waals surface area contributed by atoms with Gasteiger partial charge in [0.25, 0.3) is 0 Å². The van der Waals surface area contributed by atoms with E-state index in [0.29, 0.717) is 22.5 Å². The Bertz CT molecular complexity index is 2510. The van der Waals surface area contributed by atoms with Gasteiger partial charge in [0.05, 0.1) is 25.4 Å². The molecule has 0 amide bonds. The lowest BCUT2D eigenvalue weighted by atomic mass is 9.75. The fourth-order valence-corrected chi connectivity index (χ4v) is 6.38. The molecule has 0 bridgehead atoms. The number of aromatic nitrogens is 2. The second-order valence-corrected chi connectivity index (χ2v) is 14.8. The molecule has 0 aliphatic carbocycles. The Balaban J connectivity index is 0.000000203. The number of rotatable bonds is 9. The Morgan fingerprint density at radius 2 is 1.12 bits per heavy atom. The third kappa shape index (κ3) is 8.40. The molecule has 0 spiro atoms. The summed E-state index contributed by atoms with van der Waals surface area (Å²) in [6, 6.07) is 16.1. The van der Waals surface area contributed by atoms with Gasteiger partial charge in [-0.1, -0.05) is 34.1 Å². The van der Waals surface area contributed by atoms with Crippen molar-refractivity contribution in [1.29, 1.82) is 0 Å². The number of benzene rings is 4. The zero-order valence-corrected chi connectivity index (χ0v) is 34.0. The van der Waals surface area contributed by atoms with E-state index in [9.17, 15) is 27.2 Å². The molecule has 18 heteroatoms. The van der Waals surface area contributed by atoms with Gasteiger partial charge in [0.1, 0.15) is 33.7 Å². The minimum atomic E-state index is -3.12. The van der Waals surface area contributed by atoms with E-state index in [2.05, 4.69) is 44.8 Å². The summed E-state index contributed by atoms with van der Waals surface area (Å²) in [6.45, 7) is 5.49. The van der Waals surface area contributed by atoms with Crippen LogP contribution in [0.15, 0.2) is 74.0 Å². The fourth-order valence-electron chi connectivity index (χ4n) is 6.02. The molecule has 1 fully saturated rings. The molecule has 304 valence electrons. The summed E-state index contributed by atoms with van der Waals surface area (Å²) in [4.78, 5) is 32.7. The molecule has 3 heterocycles. The number of halogens is 5. The smallest absolute Gasteiger partial charge is 0.465 e. The Morgan fingerprint density at radius 3 is 1.55 bits per heavy atom. The average Bonchev–Trinajstić information content (AvgIpc) is 3.83. The van der Waals surface area contributed by atoms with E-state index in [1.54, 1.807) is 0 Å². The first-order chi connectivity index (χ1) is 27.3. The highest BCUT2D eigenvalue weighted by atomic mass is 79.9. The molecule has 0 unspecified atom stereocenters. The van der Waals surface area contributed by atoms with Crippen molar-refractivity contribution in [3.05, 3.63) is 87.4 Å². The quantitative estimate of drug-likeness (QED) is 0.0776. The van der Waals surface area contributed by atoms with Crippen molar-refractivity contribution in [3.8, 4) is 34.4 Å². The van der Waals surface area contributed by atoms with Crippen LogP contribution in [0.5, 0.6) is 11.5 Å². The van der Waals surface area contributed by atoms with Gasteiger partial charge in [0, 0.05) is 27.7 Å². The molecule has 0 saturated carbocycles. The zero-order chi connectivity index (χ0) is 42.3. The molecular weight excluding hydrogens is 835 g/mol. The SMILES string of the molecule is COC(=O)c1cc2nc(-c3cccc(B4OC(C)(C)C(C)(C)O4)c3C)oc2cc1OC(F)F.COC(=O)c1cc2nc(-c3cccc(Br)c3C)oc2cc1OC(F)F. The van der Waals surface area contributed by atoms with Gasteiger partial charge in [-0.3, -0.25) is 0 Å². The van der Waals surface area contributed by atoms with Crippen molar-refractivity contribution in [3.63, 3.8) is 0 Å². The summed E-state index contributed by atoms with van der Waals surface area (Å²) in [6.07, 6.45) is 0. The normalized spacial score (nSPS) is 14.5. The predicted octanol–water partition coefficient (Wildman–Crippen LogP) is 9.44. The molecule has 58 heavy (non-hydrogen) atoms. The van der Waals surface area contributed by atoms with Gasteiger partial charge in [-0.25, -0.2) is 19.6 Å². The number of ether oxygens (including phenoxy) is 4. The first-order valence-corrected chi connectivity index (χ1v) is 18.3. The maximum Gasteiger partial charge on any atom is 0.495 e. The number of methoxy groups -OCH3 is 2. The van der Waals surface area contributed by atoms with Gasteiger partial charge in [-0.2, -0.15) is 17.6 Å². The van der Waals surface area contributed by atoms with Gasteiger partial charge in [-0.05, 0) is 88.5 Å². The van der Waals surface area contributed by atoms with Crippen LogP contribution in [0, 0.1) is 13.8 Å². The van der Waals surface area contributed by atoms with Crippen molar-refractivity contribution in [2.75, 3.05) is 14.2 Å². The van der Waals surface area contributed by atoms with Crippen LogP contribution in [0.25, 0.3) is 45.1 Å². The molecular formula is C40H36BBrF4N2O10. The van der Waals surface area contributed by atoms with Gasteiger partial charge in [0.15, 0.2) is 11.2 Å². The monoisotopic (exact) mass is 870 g/mol. The number of oxazole rings is 2. The summed E-state index contributed by atoms with van der Waals surface area (Å²) < 4.78 is 93.8. The van der Waals surface area contributed by atoms with Crippen LogP contribution in [-0.2, 0) is 18.8 Å². The summed E-state index contributed by atoms with van der Waals surface area (Å²) in [5, 5.41) is 0. The number of esters is 2. The van der Waals surface area contributed by atoms with Crippen LogP contribution < -0.4 is 14.9 Å². The topological polar surface area (TPSA) is 142 Å². The minimum Gasteiger partial charge on any atom is -0.465 e. The van der Waals surface area contributed by atoms with Crippen LogP contribution in [-0.4, -0.2) is 67.7 Å². The molecule has 7 rings (SSSR count). The number of carbonyl (C=O) groups is 2. The number of fused-ring (bicyclic) bond motifs is 2. The van der Waals surface area contributed by atoms with Gasteiger partial charge in [-0.15, -0.1) is 0 Å². The average molecular weight is 871 g/mol. The third-order valence-corrected chi connectivity index (χ3v) is 10.7. The molecule has 6 aromatic rings. The van der Waals surface area contributed by atoms with Crippen molar-refractivity contribution in [2.24, 2.45) is 0 Å². The lowest BCUT2D eigenvalue weighted by molar-refractivity contribution is -0.0511. The van der Waals surface area contributed by atoms with Crippen molar-refractivity contribution >= 4 is 62.6 Å². The van der Waals surface area contributed by atoms with Crippen LogP contribution in [0.2, 0.25) is 0 Å². The minimum absolute atomic E-state index is 0.152. The van der Waals surface area contributed by atoms with Gasteiger partial charge in [0.2, 0.25) is 11.8 Å². The van der Waals surface area contributed by atoms with Crippen LogP contribution in [0.1, 0.15) is 59.5 Å². The summed E-state index contributed by atoms with van der Waals surface area (Å²) in [7, 11) is 1.73. The Hall–Kier alpha value is -5.46. The molecule has 0 radical (unpaired) electrons. The van der Waals surface area contributed by atoms with E-state index < -0.39 is 43.5 Å². The highest BCUT2D eigenvalue weighted by Crippen LogP contribution is 2.38. The number of carbonyl (C=O) groups excluding carboxylic acids is 2. The van der Waals surface area contributed by atoms with E-state index in [-0.39, 0.29) is 39.7 Å². The molecule has 12 nitrogen and oxygen atoms in total. The van der Waals surface area contributed by atoms with Crippen molar-refractivity contribution in [1.82, 2.24) is 9.97 Å². The molecule has 1 aliphatic rings. The Morgan fingerprint density at radius 1 is 0.690 bits per heavy atom. The van der Waals surface area contributed by atoms with E-state index >= 15 is 0 Å². The second kappa shape index (κ2) is 16.4. The van der Waals surface area contributed by atoms with E-state index in [1.807, 2.05) is 77.9 Å². The van der Waals surface area contributed by atoms with Crippen LogP contribution in [0.4, 0.5) is 17.6 Å². The molecule has 0 N–H and O–H groups in total. The largest absolute Gasteiger partial charge is 0.495 e. The van der Waals surface area contributed by atoms with E-state index in [0.717, 1.165) is 40.8 Å². The molecule has 1 aliphatic heterocycles. The van der Waals surface area contributed by atoms with Crippen LogP contribution >= 0.6 is 15.9 Å². The maximum atomic E-state index is 12.8. The summed E-state index contributed by atoms with van der Waals surface area (Å²) in [5.74, 6) is -1.75. The Kier molecular flexibility index (Phi) is 11.9. The zero-order valence-electron chi connectivity index (χ0n) is 32.4. The maximum absolute atomic E-state index is 12.8. The van der Waals surface area contributed by atoms with Crippen molar-refractivity contribution in [2.45, 2.75) is 66.0 Å². The number of hydrogen-bond acceptors (Lipinski definition) is 12. The lowest BCUT2D eigenvalue weighted by Gasteiger charge is -2.32. The highest BCUT2D eigenvalue weighted by Gasteiger charge is 2.52. The van der Waals surface area contributed by atoms with Crippen LogP contribution in [0.3, 0.4) is 0 Å². The van der Waals surface area contributed by atoms with Gasteiger partial charge < -0.3 is 37.1 Å². The molecule has 1 saturated heterocycles. The fraction of sp³-hybridized carbons (Fsp3) is 0.300. The Labute approximate surface area is 338 Å². The molecule has 2 aromatic heterocycles. The van der Waals surface area contributed by atoms with Crippen molar-refractivity contribution < 1.29 is 64.2 Å². The highest BCUT2D eigenvalue weighted by molar-refractivity contribution is 9.10. The summed E-state index contributed by atoms with van der Waals surface area (Å²) >= 11 is 3.43. The van der Waals surface area contributed by atoms with Gasteiger partial charge >= 0.3 is 32.3 Å². The first-order valence-electron chi connectivity index (χ1n) is 17.5. The predicted molar refractivity (Wildman–Crippen MR) is 208 cm³/mol. The van der Waals surface area contributed by atoms with E-state index in [1.165, 1.54) is 24.3 Å². The lowest BCUT2D eigenvalue weighted by Crippen LogP contribution is -2.41. The second-order valence-electron chi connectivity index (χ2n) is 13.9. The number of hydrogen-bond donors (Lipinski definition) is 0. The first kappa shape index (κ1) is 42.2. The third-order valence-electron chi connectivity index (χ3n) is 9.83. The number of alkyl halides is 4.